The zero-order chi connectivity index (χ0) is 15.5. The maximum Gasteiger partial charge on any atom is 0.272 e. The van der Waals surface area contributed by atoms with Crippen molar-refractivity contribution in [2.45, 2.75) is 25.8 Å². The van der Waals surface area contributed by atoms with Crippen LogP contribution in [0.2, 0.25) is 5.02 Å². The molecule has 0 aliphatic rings. The van der Waals surface area contributed by atoms with Gasteiger partial charge in [-0.05, 0) is 44.5 Å². The molecule has 0 atom stereocenters. The Kier molecular flexibility index (Phi) is 4.65. The summed E-state index contributed by atoms with van der Waals surface area (Å²) < 4.78 is 1.60. The van der Waals surface area contributed by atoms with Gasteiger partial charge in [0.05, 0.1) is 5.69 Å². The normalized spacial score (nSPS) is 11.4. The molecule has 0 saturated heterocycles. The topological polar surface area (TPSA) is 67.2 Å². The van der Waals surface area contributed by atoms with Crippen LogP contribution in [0.15, 0.2) is 36.5 Å². The third-order valence-corrected chi connectivity index (χ3v) is 3.32. The number of aromatic nitrogens is 2. The highest BCUT2D eigenvalue weighted by Gasteiger charge is 2.21. The minimum absolute atomic E-state index is 0.0181. The fraction of sp³-hybridized carbons (Fsp3) is 0.333. The van der Waals surface area contributed by atoms with Crippen LogP contribution in [-0.2, 0) is 0 Å². The van der Waals surface area contributed by atoms with Gasteiger partial charge in [-0.3, -0.25) is 4.79 Å². The molecule has 1 aromatic heterocycles. The van der Waals surface area contributed by atoms with Crippen LogP contribution >= 0.6 is 11.6 Å². The Morgan fingerprint density at radius 2 is 2.19 bits per heavy atom. The lowest BCUT2D eigenvalue weighted by molar-refractivity contribution is 0.0894. The van der Waals surface area contributed by atoms with E-state index >= 15 is 0 Å². The number of hydrogen-bond donors (Lipinski definition) is 2. The molecule has 5 nitrogen and oxygen atoms in total. The highest BCUT2D eigenvalue weighted by atomic mass is 35.5. The molecule has 0 bridgehead atoms. The Bertz CT molecular complexity index is 637. The van der Waals surface area contributed by atoms with Crippen LogP contribution in [0, 0.1) is 0 Å². The number of benzene rings is 1. The smallest absolute Gasteiger partial charge is 0.272 e. The van der Waals surface area contributed by atoms with Crippen molar-refractivity contribution in [3.8, 4) is 5.69 Å². The van der Waals surface area contributed by atoms with E-state index in [2.05, 4.69) is 10.4 Å². The molecule has 0 aliphatic heterocycles. The summed E-state index contributed by atoms with van der Waals surface area (Å²) in [5.41, 5.74) is 0.628. The van der Waals surface area contributed by atoms with Crippen molar-refractivity contribution in [1.82, 2.24) is 15.1 Å². The standard InChI is InChI=1S/C15H18ClN3O2/c1-15(2,7-9-20)17-14(21)13-6-8-19(18-13)12-5-3-4-11(16)10-12/h3-6,8,10,20H,7,9H2,1-2H3,(H,17,21). The molecule has 1 amide bonds. The molecule has 0 saturated carbocycles. The molecule has 0 fully saturated rings. The van der Waals surface area contributed by atoms with Gasteiger partial charge >= 0.3 is 0 Å². The molecular formula is C15H18ClN3O2. The van der Waals surface area contributed by atoms with Gasteiger partial charge in [-0.25, -0.2) is 4.68 Å². The van der Waals surface area contributed by atoms with Crippen LogP contribution in [0.3, 0.4) is 0 Å². The van der Waals surface area contributed by atoms with E-state index in [1.54, 1.807) is 29.1 Å². The number of carbonyl (C=O) groups excluding carboxylic acids is 1. The summed E-state index contributed by atoms with van der Waals surface area (Å²) in [6.07, 6.45) is 2.19. The van der Waals surface area contributed by atoms with Gasteiger partial charge in [-0.2, -0.15) is 5.10 Å². The molecule has 0 spiro atoms. The highest BCUT2D eigenvalue weighted by Crippen LogP contribution is 2.15. The van der Waals surface area contributed by atoms with Crippen LogP contribution in [0.25, 0.3) is 5.69 Å². The molecule has 2 N–H and O–H groups in total. The van der Waals surface area contributed by atoms with Gasteiger partial charge in [-0.1, -0.05) is 17.7 Å². The van der Waals surface area contributed by atoms with Crippen molar-refractivity contribution in [1.29, 1.82) is 0 Å². The molecule has 0 radical (unpaired) electrons. The monoisotopic (exact) mass is 307 g/mol. The fourth-order valence-corrected chi connectivity index (χ4v) is 2.11. The van der Waals surface area contributed by atoms with E-state index in [0.29, 0.717) is 17.1 Å². The van der Waals surface area contributed by atoms with E-state index in [-0.39, 0.29) is 12.5 Å². The van der Waals surface area contributed by atoms with Crippen molar-refractivity contribution < 1.29 is 9.90 Å². The zero-order valence-corrected chi connectivity index (χ0v) is 12.8. The number of nitrogens with one attached hydrogen (secondary N) is 1. The van der Waals surface area contributed by atoms with Crippen LogP contribution in [0.5, 0.6) is 0 Å². The maximum absolute atomic E-state index is 12.2. The summed E-state index contributed by atoms with van der Waals surface area (Å²) in [5.74, 6) is -0.269. The Morgan fingerprint density at radius 1 is 1.43 bits per heavy atom. The lowest BCUT2D eigenvalue weighted by atomic mass is 10.0. The Morgan fingerprint density at radius 3 is 2.86 bits per heavy atom. The van der Waals surface area contributed by atoms with E-state index < -0.39 is 5.54 Å². The average molecular weight is 308 g/mol. The molecule has 21 heavy (non-hydrogen) atoms. The molecule has 6 heteroatoms. The molecule has 1 heterocycles. The summed E-state index contributed by atoms with van der Waals surface area (Å²) >= 11 is 5.94. The number of rotatable bonds is 5. The zero-order valence-electron chi connectivity index (χ0n) is 12.0. The van der Waals surface area contributed by atoms with Crippen molar-refractivity contribution in [3.63, 3.8) is 0 Å². The fourth-order valence-electron chi connectivity index (χ4n) is 1.92. The number of carbonyl (C=O) groups is 1. The number of hydrogen-bond acceptors (Lipinski definition) is 3. The van der Waals surface area contributed by atoms with Crippen molar-refractivity contribution in [2.24, 2.45) is 0 Å². The van der Waals surface area contributed by atoms with Crippen molar-refractivity contribution in [3.05, 3.63) is 47.2 Å². The van der Waals surface area contributed by atoms with Crippen LogP contribution < -0.4 is 5.32 Å². The third kappa shape index (κ3) is 4.06. The lowest BCUT2D eigenvalue weighted by Gasteiger charge is -2.24. The first-order chi connectivity index (χ1) is 9.91. The molecule has 0 aliphatic carbocycles. The quantitative estimate of drug-likeness (QED) is 0.891. The van der Waals surface area contributed by atoms with E-state index in [1.165, 1.54) is 0 Å². The summed E-state index contributed by atoms with van der Waals surface area (Å²) in [7, 11) is 0. The minimum Gasteiger partial charge on any atom is -0.396 e. The third-order valence-electron chi connectivity index (χ3n) is 3.08. The average Bonchev–Trinajstić information content (AvgIpc) is 2.87. The van der Waals surface area contributed by atoms with E-state index in [4.69, 9.17) is 16.7 Å². The van der Waals surface area contributed by atoms with Gasteiger partial charge in [0.15, 0.2) is 5.69 Å². The van der Waals surface area contributed by atoms with Gasteiger partial charge in [0.2, 0.25) is 0 Å². The van der Waals surface area contributed by atoms with Crippen molar-refractivity contribution in [2.75, 3.05) is 6.61 Å². The molecule has 0 unspecified atom stereocenters. The number of nitrogens with zero attached hydrogens (tertiary/aromatic N) is 2. The lowest BCUT2D eigenvalue weighted by Crippen LogP contribution is -2.44. The van der Waals surface area contributed by atoms with Gasteiger partial charge < -0.3 is 10.4 Å². The van der Waals surface area contributed by atoms with Gasteiger partial charge in [0.25, 0.3) is 5.91 Å². The summed E-state index contributed by atoms with van der Waals surface area (Å²) in [6.45, 7) is 3.73. The Hall–Kier alpha value is -1.85. The second-order valence-corrected chi connectivity index (χ2v) is 5.87. The Balaban J connectivity index is 2.14. The van der Waals surface area contributed by atoms with Crippen LogP contribution in [0.4, 0.5) is 0 Å². The Labute approximate surface area is 128 Å². The van der Waals surface area contributed by atoms with E-state index in [0.717, 1.165) is 5.69 Å². The van der Waals surface area contributed by atoms with Crippen LogP contribution in [-0.4, -0.2) is 32.9 Å². The van der Waals surface area contributed by atoms with Crippen molar-refractivity contribution >= 4 is 17.5 Å². The molecule has 2 rings (SSSR count). The first-order valence-corrected chi connectivity index (χ1v) is 7.04. The van der Waals surface area contributed by atoms with Gasteiger partial charge in [0.1, 0.15) is 0 Å². The number of aliphatic hydroxyl groups is 1. The van der Waals surface area contributed by atoms with Gasteiger partial charge in [0, 0.05) is 23.4 Å². The predicted molar refractivity (Wildman–Crippen MR) is 81.8 cm³/mol. The molecular weight excluding hydrogens is 290 g/mol. The number of amides is 1. The van der Waals surface area contributed by atoms with Crippen LogP contribution in [0.1, 0.15) is 30.8 Å². The number of halogens is 1. The SMILES string of the molecule is CC(C)(CCO)NC(=O)c1ccn(-c2cccc(Cl)c2)n1. The maximum atomic E-state index is 12.2. The number of aliphatic hydroxyl groups excluding tert-OH is 1. The second-order valence-electron chi connectivity index (χ2n) is 5.44. The first kappa shape index (κ1) is 15.5. The largest absolute Gasteiger partial charge is 0.396 e. The molecule has 2 aromatic rings. The van der Waals surface area contributed by atoms with E-state index in [9.17, 15) is 4.79 Å². The van der Waals surface area contributed by atoms with Gasteiger partial charge in [-0.15, -0.1) is 0 Å². The second kappa shape index (κ2) is 6.28. The summed E-state index contributed by atoms with van der Waals surface area (Å²) in [4.78, 5) is 12.2. The minimum atomic E-state index is -0.480. The predicted octanol–water partition coefficient (Wildman–Crippen LogP) is 2.42. The molecule has 112 valence electrons. The summed E-state index contributed by atoms with van der Waals surface area (Å²) in [6, 6.07) is 8.87. The highest BCUT2D eigenvalue weighted by molar-refractivity contribution is 6.30. The van der Waals surface area contributed by atoms with E-state index in [1.807, 2.05) is 26.0 Å². The summed E-state index contributed by atoms with van der Waals surface area (Å²) in [5, 5.41) is 16.7. The molecule has 1 aromatic carbocycles. The first-order valence-electron chi connectivity index (χ1n) is 6.66.